The molecule has 0 unspecified atom stereocenters. The quantitative estimate of drug-likeness (QED) is 0.366. The van der Waals surface area contributed by atoms with Gasteiger partial charge >= 0.3 is 0 Å². The van der Waals surface area contributed by atoms with Crippen molar-refractivity contribution in [2.24, 2.45) is 15.4 Å². The van der Waals surface area contributed by atoms with Crippen LogP contribution in [0.1, 0.15) is 20.7 Å². The van der Waals surface area contributed by atoms with Crippen LogP contribution < -0.4 is 5.14 Å². The Morgan fingerprint density at radius 2 is 1.17 bits per heavy atom. The highest BCUT2D eigenvalue weighted by Gasteiger charge is 2.28. The number of sulfonamides is 1. The highest BCUT2D eigenvalue weighted by Crippen LogP contribution is 2.19. The average Bonchev–Trinajstić information content (AvgIpc) is 2.74. The van der Waals surface area contributed by atoms with E-state index in [1.54, 1.807) is 60.7 Å². The minimum atomic E-state index is -3.83. The van der Waals surface area contributed by atoms with Crippen molar-refractivity contribution in [2.75, 3.05) is 0 Å². The zero-order valence-electron chi connectivity index (χ0n) is 15.2. The van der Waals surface area contributed by atoms with Crippen molar-refractivity contribution in [1.29, 1.82) is 0 Å². The Hall–Kier alpha value is -3.49. The van der Waals surface area contributed by atoms with Gasteiger partial charge in [0, 0.05) is 11.1 Å². The minimum Gasteiger partial charge on any atom is -0.291 e. The average molecular weight is 407 g/mol. The smallest absolute Gasteiger partial charge is 0.238 e. The third-order valence-electron chi connectivity index (χ3n) is 4.07. The molecule has 0 amide bonds. The molecule has 0 fully saturated rings. The van der Waals surface area contributed by atoms with Gasteiger partial charge in [-0.05, 0) is 24.3 Å². The van der Waals surface area contributed by atoms with Gasteiger partial charge in [-0.2, -0.15) is 10.2 Å². The second-order valence-electron chi connectivity index (χ2n) is 6.12. The van der Waals surface area contributed by atoms with E-state index in [-0.39, 0.29) is 10.6 Å². The molecule has 0 radical (unpaired) electrons. The lowest BCUT2D eigenvalue weighted by Gasteiger charge is -2.10. The summed E-state index contributed by atoms with van der Waals surface area (Å²) < 4.78 is 22.7. The fraction of sp³-hybridized carbons (Fsp3) is 0.0476. The number of primary sulfonamides is 1. The van der Waals surface area contributed by atoms with E-state index in [2.05, 4.69) is 10.2 Å². The number of benzene rings is 3. The minimum absolute atomic E-state index is 0.0753. The summed E-state index contributed by atoms with van der Waals surface area (Å²) in [5.41, 5.74) is 0.958. The van der Waals surface area contributed by atoms with Crippen LogP contribution in [0.5, 0.6) is 0 Å². The monoisotopic (exact) mass is 407 g/mol. The molecule has 0 aromatic heterocycles. The maximum absolute atomic E-state index is 12.9. The maximum Gasteiger partial charge on any atom is 0.238 e. The van der Waals surface area contributed by atoms with Gasteiger partial charge in [-0.1, -0.05) is 60.7 Å². The van der Waals surface area contributed by atoms with Crippen LogP contribution in [-0.4, -0.2) is 26.0 Å². The van der Waals surface area contributed by atoms with Crippen molar-refractivity contribution in [1.82, 2.24) is 0 Å². The van der Waals surface area contributed by atoms with E-state index in [0.29, 0.717) is 11.1 Å². The Kier molecular flexibility index (Phi) is 6.06. The van der Waals surface area contributed by atoms with Gasteiger partial charge in [0.25, 0.3) is 0 Å². The van der Waals surface area contributed by atoms with Crippen LogP contribution in [-0.2, 0) is 10.0 Å². The molecule has 0 saturated carbocycles. The first-order valence-electron chi connectivity index (χ1n) is 8.58. The maximum atomic E-state index is 12.9. The number of nitrogens with zero attached hydrogens (tertiary/aromatic N) is 2. The molecule has 0 atom stereocenters. The summed E-state index contributed by atoms with van der Waals surface area (Å²) in [6.45, 7) is 0. The van der Waals surface area contributed by atoms with Crippen molar-refractivity contribution < 1.29 is 18.0 Å². The molecule has 0 bridgehead atoms. The van der Waals surface area contributed by atoms with Crippen molar-refractivity contribution in [3.8, 4) is 0 Å². The summed E-state index contributed by atoms with van der Waals surface area (Å²) >= 11 is 0. The van der Waals surface area contributed by atoms with Crippen LogP contribution in [0.2, 0.25) is 0 Å². The lowest BCUT2D eigenvalue weighted by Crippen LogP contribution is -2.28. The van der Waals surface area contributed by atoms with Crippen molar-refractivity contribution >= 4 is 27.3 Å². The number of nitrogens with two attached hydrogens (primary N) is 1. The molecule has 29 heavy (non-hydrogen) atoms. The Morgan fingerprint density at radius 3 is 1.59 bits per heavy atom. The molecule has 3 aromatic carbocycles. The Labute approximate surface area is 168 Å². The molecule has 2 N–H and O–H groups in total. The number of carbonyl (C=O) groups is 2. The van der Waals surface area contributed by atoms with E-state index in [1.165, 1.54) is 24.3 Å². The molecule has 3 rings (SSSR count). The van der Waals surface area contributed by atoms with Crippen LogP contribution >= 0.6 is 0 Å². The van der Waals surface area contributed by atoms with Gasteiger partial charge < -0.3 is 0 Å². The van der Waals surface area contributed by atoms with Gasteiger partial charge in [-0.25, -0.2) is 13.6 Å². The molecule has 0 aliphatic rings. The molecule has 0 aliphatic heterocycles. The fourth-order valence-electron chi connectivity index (χ4n) is 2.57. The van der Waals surface area contributed by atoms with Gasteiger partial charge in [0.1, 0.15) is 0 Å². The summed E-state index contributed by atoms with van der Waals surface area (Å²) in [6, 6.07) is 20.7. The van der Waals surface area contributed by atoms with Gasteiger partial charge in [0.2, 0.25) is 10.0 Å². The predicted octanol–water partition coefficient (Wildman–Crippen LogP) is 3.55. The lowest BCUT2D eigenvalue weighted by molar-refractivity contribution is 0.0861. The van der Waals surface area contributed by atoms with E-state index < -0.39 is 27.6 Å². The zero-order chi connectivity index (χ0) is 20.9. The second-order valence-corrected chi connectivity index (χ2v) is 7.68. The first kappa shape index (κ1) is 20.2. The van der Waals surface area contributed by atoms with Gasteiger partial charge in [0.15, 0.2) is 17.6 Å². The van der Waals surface area contributed by atoms with E-state index in [9.17, 15) is 18.0 Å². The third-order valence-corrected chi connectivity index (χ3v) is 5.00. The Balaban J connectivity index is 1.93. The Bertz CT molecular complexity index is 1090. The molecular weight excluding hydrogens is 390 g/mol. The van der Waals surface area contributed by atoms with Gasteiger partial charge in [-0.15, -0.1) is 0 Å². The summed E-state index contributed by atoms with van der Waals surface area (Å²) in [4.78, 5) is 25.7. The van der Waals surface area contributed by atoms with E-state index in [4.69, 9.17) is 5.14 Å². The number of ketones is 2. The van der Waals surface area contributed by atoms with Crippen LogP contribution in [0.15, 0.2) is 100 Å². The molecule has 0 aliphatic carbocycles. The third kappa shape index (κ3) is 5.07. The molecular formula is C21H17N3O4S. The first-order chi connectivity index (χ1) is 13.9. The number of azo groups is 1. The van der Waals surface area contributed by atoms with Crippen molar-refractivity contribution in [2.45, 2.75) is 10.9 Å². The highest BCUT2D eigenvalue weighted by atomic mass is 32.2. The molecule has 8 heteroatoms. The summed E-state index contributed by atoms with van der Waals surface area (Å²) in [6.07, 6.45) is 0. The molecule has 146 valence electrons. The van der Waals surface area contributed by atoms with E-state index >= 15 is 0 Å². The molecule has 0 spiro atoms. The van der Waals surface area contributed by atoms with Crippen molar-refractivity contribution in [3.05, 3.63) is 96.1 Å². The lowest BCUT2D eigenvalue weighted by atomic mass is 9.97. The molecule has 3 aromatic rings. The van der Waals surface area contributed by atoms with Crippen LogP contribution in [0.4, 0.5) is 5.69 Å². The summed E-state index contributed by atoms with van der Waals surface area (Å²) in [5, 5.41) is 13.0. The fourth-order valence-corrected chi connectivity index (χ4v) is 3.09. The predicted molar refractivity (Wildman–Crippen MR) is 108 cm³/mol. The van der Waals surface area contributed by atoms with E-state index in [0.717, 1.165) is 0 Å². The molecule has 0 heterocycles. The summed E-state index contributed by atoms with van der Waals surface area (Å²) in [7, 11) is -3.83. The summed E-state index contributed by atoms with van der Waals surface area (Å²) in [5.74, 6) is -0.964. The number of hydrogen-bond donors (Lipinski definition) is 1. The van der Waals surface area contributed by atoms with Crippen molar-refractivity contribution in [3.63, 3.8) is 0 Å². The molecule has 0 saturated heterocycles. The zero-order valence-corrected chi connectivity index (χ0v) is 16.0. The Morgan fingerprint density at radius 1 is 0.724 bits per heavy atom. The molecule has 7 nitrogen and oxygen atoms in total. The number of Topliss-reactive ketones (excluding diaryl/α,β-unsaturated/α-hetero) is 2. The SMILES string of the molecule is NS(=O)(=O)c1ccc(N=NC(C(=O)c2ccccc2)C(=O)c2ccccc2)cc1. The standard InChI is InChI=1S/C21H17N3O4S/c22-29(27,28)18-13-11-17(12-14-18)23-24-19(20(25)15-7-3-1-4-8-15)21(26)16-9-5-2-6-10-16/h1-14,19H,(H2,22,27,28). The van der Waals surface area contributed by atoms with Gasteiger partial charge in [-0.3, -0.25) is 9.59 Å². The first-order valence-corrected chi connectivity index (χ1v) is 10.1. The van der Waals surface area contributed by atoms with Crippen LogP contribution in [0, 0.1) is 0 Å². The number of hydrogen-bond acceptors (Lipinski definition) is 6. The van der Waals surface area contributed by atoms with E-state index in [1.807, 2.05) is 0 Å². The largest absolute Gasteiger partial charge is 0.291 e. The topological polar surface area (TPSA) is 119 Å². The number of rotatable bonds is 7. The normalized spacial score (nSPS) is 11.7. The highest BCUT2D eigenvalue weighted by molar-refractivity contribution is 7.89. The second kappa shape index (κ2) is 8.68. The van der Waals surface area contributed by atoms with Gasteiger partial charge in [0.05, 0.1) is 10.6 Å². The van der Waals surface area contributed by atoms with Crippen LogP contribution in [0.25, 0.3) is 0 Å². The van der Waals surface area contributed by atoms with Crippen LogP contribution in [0.3, 0.4) is 0 Å². The number of carbonyl (C=O) groups excluding carboxylic acids is 2.